The van der Waals surface area contributed by atoms with Crippen LogP contribution in [0.4, 0.5) is 0 Å². The van der Waals surface area contributed by atoms with Crippen molar-refractivity contribution in [2.24, 2.45) is 0 Å². The number of nitriles is 1. The maximum Gasteiger partial charge on any atom is 0.169 e. The van der Waals surface area contributed by atoms with E-state index in [1.54, 1.807) is 12.1 Å². The van der Waals surface area contributed by atoms with Crippen molar-refractivity contribution in [3.05, 3.63) is 27.8 Å². The maximum absolute atomic E-state index is 11.3. The molecule has 0 spiro atoms. The van der Waals surface area contributed by atoms with E-state index in [9.17, 15) is 4.79 Å². The largest absolute Gasteiger partial charge is 0.495 e. The number of ether oxygens (including phenoxy) is 2. The molecular formula is C13H11Cl2NO3. The van der Waals surface area contributed by atoms with Gasteiger partial charge in [0.1, 0.15) is 11.5 Å². The predicted molar refractivity (Wildman–Crippen MR) is 73.8 cm³/mol. The molecule has 0 bridgehead atoms. The van der Waals surface area contributed by atoms with Gasteiger partial charge in [0.15, 0.2) is 5.78 Å². The summed E-state index contributed by atoms with van der Waals surface area (Å²) in [6.07, 6.45) is 2.48. The van der Waals surface area contributed by atoms with Crippen molar-refractivity contribution in [2.45, 2.75) is 6.42 Å². The molecule has 0 aliphatic carbocycles. The van der Waals surface area contributed by atoms with Gasteiger partial charge in [-0.1, -0.05) is 23.2 Å². The van der Waals surface area contributed by atoms with Crippen molar-refractivity contribution < 1.29 is 14.3 Å². The van der Waals surface area contributed by atoms with Gasteiger partial charge in [0.2, 0.25) is 0 Å². The molecule has 0 aliphatic heterocycles. The zero-order chi connectivity index (χ0) is 14.4. The zero-order valence-electron chi connectivity index (χ0n) is 10.4. The maximum atomic E-state index is 11.3. The van der Waals surface area contributed by atoms with Crippen LogP contribution in [0.1, 0.15) is 12.0 Å². The van der Waals surface area contributed by atoms with E-state index in [2.05, 4.69) is 0 Å². The van der Waals surface area contributed by atoms with Crippen LogP contribution in [0, 0.1) is 11.3 Å². The summed E-state index contributed by atoms with van der Waals surface area (Å²) in [4.78, 5) is 11.3. The molecule has 0 saturated heterocycles. The molecule has 0 atom stereocenters. The summed E-state index contributed by atoms with van der Waals surface area (Å²) >= 11 is 12.2. The number of benzene rings is 1. The van der Waals surface area contributed by atoms with E-state index < -0.39 is 0 Å². The highest BCUT2D eigenvalue weighted by molar-refractivity contribution is 6.39. The minimum absolute atomic E-state index is 0.202. The van der Waals surface area contributed by atoms with Gasteiger partial charge < -0.3 is 9.47 Å². The topological polar surface area (TPSA) is 59.3 Å². The van der Waals surface area contributed by atoms with Gasteiger partial charge in [0.05, 0.1) is 36.8 Å². The molecule has 6 heteroatoms. The van der Waals surface area contributed by atoms with Gasteiger partial charge in [0, 0.05) is 11.6 Å². The van der Waals surface area contributed by atoms with Crippen LogP contribution in [0.5, 0.6) is 11.5 Å². The first-order valence-corrected chi connectivity index (χ1v) is 5.98. The standard InChI is InChI=1S/C13H11Cl2NO3/c1-18-10-7-11(19-2)13(15)9(12(10)14)4-3-8(17)5-6-16/h3-4,7H,5H2,1-2H3/b4-3+. The van der Waals surface area contributed by atoms with Crippen molar-refractivity contribution in [1.29, 1.82) is 5.26 Å². The number of methoxy groups -OCH3 is 2. The van der Waals surface area contributed by atoms with Gasteiger partial charge in [-0.25, -0.2) is 0 Å². The second-order valence-corrected chi connectivity index (χ2v) is 4.21. The molecule has 0 N–H and O–H groups in total. The van der Waals surface area contributed by atoms with Gasteiger partial charge in [-0.2, -0.15) is 5.26 Å². The van der Waals surface area contributed by atoms with Crippen LogP contribution in [-0.4, -0.2) is 20.0 Å². The number of hydrogen-bond acceptors (Lipinski definition) is 4. The molecule has 0 heterocycles. The number of halogens is 2. The number of carbonyl (C=O) groups excluding carboxylic acids is 1. The first kappa shape index (κ1) is 15.4. The summed E-state index contributed by atoms with van der Waals surface area (Å²) < 4.78 is 10.2. The Morgan fingerprint density at radius 3 is 2.26 bits per heavy atom. The number of ketones is 1. The highest BCUT2D eigenvalue weighted by Crippen LogP contribution is 2.40. The van der Waals surface area contributed by atoms with Crippen LogP contribution < -0.4 is 9.47 Å². The Hall–Kier alpha value is -1.70. The van der Waals surface area contributed by atoms with E-state index in [0.29, 0.717) is 17.1 Å². The highest BCUT2D eigenvalue weighted by Gasteiger charge is 2.15. The van der Waals surface area contributed by atoms with Crippen molar-refractivity contribution in [1.82, 2.24) is 0 Å². The van der Waals surface area contributed by atoms with Crippen LogP contribution in [0.3, 0.4) is 0 Å². The van der Waals surface area contributed by atoms with Crippen molar-refractivity contribution in [3.63, 3.8) is 0 Å². The number of allylic oxidation sites excluding steroid dienone is 1. The normalized spacial score (nSPS) is 10.3. The first-order valence-electron chi connectivity index (χ1n) is 5.23. The Bertz CT molecular complexity index is 534. The Balaban J connectivity index is 3.26. The molecule has 0 saturated carbocycles. The third-order valence-corrected chi connectivity index (χ3v) is 3.08. The molecule has 4 nitrogen and oxygen atoms in total. The van der Waals surface area contributed by atoms with Crippen LogP contribution in [0.25, 0.3) is 6.08 Å². The van der Waals surface area contributed by atoms with Crippen molar-refractivity contribution in [3.8, 4) is 17.6 Å². The zero-order valence-corrected chi connectivity index (χ0v) is 11.9. The van der Waals surface area contributed by atoms with Gasteiger partial charge in [-0.15, -0.1) is 0 Å². The van der Waals surface area contributed by atoms with E-state index in [-0.39, 0.29) is 22.2 Å². The molecule has 19 heavy (non-hydrogen) atoms. The van der Waals surface area contributed by atoms with E-state index >= 15 is 0 Å². The van der Waals surface area contributed by atoms with Gasteiger partial charge in [-0.3, -0.25) is 4.79 Å². The summed E-state index contributed by atoms with van der Waals surface area (Å²) in [7, 11) is 2.92. The SMILES string of the molecule is COc1cc(OC)c(Cl)c(/C=C/C(=O)CC#N)c1Cl. The number of rotatable bonds is 5. The molecule has 1 aromatic rings. The minimum atomic E-state index is -0.337. The molecular weight excluding hydrogens is 289 g/mol. The quantitative estimate of drug-likeness (QED) is 0.781. The third-order valence-electron chi connectivity index (χ3n) is 2.30. The molecule has 0 fully saturated rings. The molecule has 100 valence electrons. The fourth-order valence-corrected chi connectivity index (χ4v) is 1.99. The lowest BCUT2D eigenvalue weighted by atomic mass is 10.1. The molecule has 0 aromatic heterocycles. The Labute approximate surface area is 121 Å². The fourth-order valence-electron chi connectivity index (χ4n) is 1.36. The van der Waals surface area contributed by atoms with Crippen LogP contribution in [0.2, 0.25) is 10.0 Å². The Kier molecular flexibility index (Phi) is 5.68. The molecule has 1 rings (SSSR count). The highest BCUT2D eigenvalue weighted by atomic mass is 35.5. The summed E-state index contributed by atoms with van der Waals surface area (Å²) in [6, 6.07) is 3.32. The van der Waals surface area contributed by atoms with E-state index in [4.69, 9.17) is 37.9 Å². The van der Waals surface area contributed by atoms with Crippen LogP contribution in [0.15, 0.2) is 12.1 Å². The fraction of sp³-hybridized carbons (Fsp3) is 0.231. The summed E-state index contributed by atoms with van der Waals surface area (Å²) in [5.74, 6) is 0.432. The van der Waals surface area contributed by atoms with Gasteiger partial charge >= 0.3 is 0 Å². The second kappa shape index (κ2) is 7.03. The second-order valence-electron chi connectivity index (χ2n) is 3.46. The third kappa shape index (κ3) is 3.63. The van der Waals surface area contributed by atoms with E-state index in [1.165, 1.54) is 26.4 Å². The average molecular weight is 300 g/mol. The molecule has 0 aliphatic rings. The molecule has 1 aromatic carbocycles. The minimum Gasteiger partial charge on any atom is -0.495 e. The molecule has 0 radical (unpaired) electrons. The summed E-state index contributed by atoms with van der Waals surface area (Å²) in [5, 5.41) is 8.96. The number of nitrogens with zero attached hydrogens (tertiary/aromatic N) is 1. The Morgan fingerprint density at radius 2 is 1.84 bits per heavy atom. The molecule has 0 amide bonds. The lowest BCUT2D eigenvalue weighted by molar-refractivity contribution is -0.113. The summed E-state index contributed by atoms with van der Waals surface area (Å²) in [5.41, 5.74) is 0.408. The summed E-state index contributed by atoms with van der Waals surface area (Å²) in [6.45, 7) is 0. The predicted octanol–water partition coefficient (Wildman–Crippen LogP) is 3.51. The van der Waals surface area contributed by atoms with E-state index in [0.717, 1.165) is 0 Å². The number of hydrogen-bond donors (Lipinski definition) is 0. The van der Waals surface area contributed by atoms with Gasteiger partial charge in [-0.05, 0) is 12.2 Å². The monoisotopic (exact) mass is 299 g/mol. The smallest absolute Gasteiger partial charge is 0.169 e. The lowest BCUT2D eigenvalue weighted by Gasteiger charge is -2.12. The van der Waals surface area contributed by atoms with Crippen LogP contribution >= 0.6 is 23.2 Å². The molecule has 0 unspecified atom stereocenters. The number of carbonyl (C=O) groups is 1. The average Bonchev–Trinajstić information content (AvgIpc) is 2.39. The van der Waals surface area contributed by atoms with Crippen LogP contribution in [-0.2, 0) is 4.79 Å². The van der Waals surface area contributed by atoms with E-state index in [1.807, 2.05) is 0 Å². The lowest BCUT2D eigenvalue weighted by Crippen LogP contribution is -1.94. The first-order chi connectivity index (χ1) is 9.04. The Morgan fingerprint density at radius 1 is 1.32 bits per heavy atom. The van der Waals surface area contributed by atoms with Crippen molar-refractivity contribution >= 4 is 35.1 Å². The van der Waals surface area contributed by atoms with Gasteiger partial charge in [0.25, 0.3) is 0 Å². The van der Waals surface area contributed by atoms with Crippen molar-refractivity contribution in [2.75, 3.05) is 14.2 Å².